The molecule has 0 saturated heterocycles. The number of rotatable bonds is 4. The van der Waals surface area contributed by atoms with Gasteiger partial charge in [0.2, 0.25) is 0 Å². The van der Waals surface area contributed by atoms with Gasteiger partial charge >= 0.3 is 0 Å². The van der Waals surface area contributed by atoms with Gasteiger partial charge < -0.3 is 15.5 Å². The molecule has 7 heteroatoms. The number of nitrogens with one attached hydrogen (secondary N) is 2. The van der Waals surface area contributed by atoms with Crippen molar-refractivity contribution in [2.75, 3.05) is 30.4 Å². The molecule has 0 unspecified atom stereocenters. The van der Waals surface area contributed by atoms with E-state index in [2.05, 4.69) is 37.6 Å². The van der Waals surface area contributed by atoms with Gasteiger partial charge in [-0.3, -0.25) is 4.99 Å². The van der Waals surface area contributed by atoms with Crippen LogP contribution in [0.1, 0.15) is 6.42 Å². The Morgan fingerprint density at radius 1 is 1.04 bits per heavy atom. The maximum Gasteiger partial charge on any atom is 0.197 e. The molecule has 0 aliphatic carbocycles. The molecular formula is C19H20N6S. The molecule has 2 aromatic heterocycles. The molecule has 3 heterocycles. The van der Waals surface area contributed by atoms with E-state index in [0.717, 1.165) is 53.5 Å². The fourth-order valence-electron chi connectivity index (χ4n) is 2.70. The van der Waals surface area contributed by atoms with E-state index in [1.807, 2.05) is 48.8 Å². The van der Waals surface area contributed by atoms with Gasteiger partial charge in [-0.25, -0.2) is 9.97 Å². The minimum atomic E-state index is 0.794. The summed E-state index contributed by atoms with van der Waals surface area (Å²) in [5.74, 6) is 1.68. The first-order valence-corrected chi connectivity index (χ1v) is 9.45. The summed E-state index contributed by atoms with van der Waals surface area (Å²) in [6.07, 6.45) is 1.07. The van der Waals surface area contributed by atoms with Gasteiger partial charge in [-0.1, -0.05) is 24.3 Å². The third-order valence-electron chi connectivity index (χ3n) is 4.11. The van der Waals surface area contributed by atoms with E-state index in [9.17, 15) is 0 Å². The Bertz CT molecular complexity index is 905. The van der Waals surface area contributed by atoms with Crippen molar-refractivity contribution in [3.63, 3.8) is 0 Å². The molecule has 132 valence electrons. The SMILES string of the molecule is CN(c1ccccc1)c1cccc(-c2csc(NC3=NCCCN3)n2)n1. The molecule has 0 saturated carbocycles. The average Bonchev–Trinajstić information content (AvgIpc) is 3.17. The minimum Gasteiger partial charge on any atom is -0.356 e. The second-order valence-electron chi connectivity index (χ2n) is 5.95. The Kier molecular flexibility index (Phi) is 4.79. The number of benzene rings is 1. The lowest BCUT2D eigenvalue weighted by Crippen LogP contribution is -2.35. The van der Waals surface area contributed by atoms with E-state index in [1.54, 1.807) is 11.3 Å². The third kappa shape index (κ3) is 3.67. The van der Waals surface area contributed by atoms with Crippen LogP contribution in [0.5, 0.6) is 0 Å². The highest BCUT2D eigenvalue weighted by Gasteiger charge is 2.11. The smallest absolute Gasteiger partial charge is 0.197 e. The predicted molar refractivity (Wildman–Crippen MR) is 108 cm³/mol. The highest BCUT2D eigenvalue weighted by molar-refractivity contribution is 7.14. The summed E-state index contributed by atoms with van der Waals surface area (Å²) in [6, 6.07) is 16.2. The molecule has 0 fully saturated rings. The first-order valence-electron chi connectivity index (χ1n) is 8.57. The molecule has 0 radical (unpaired) electrons. The van der Waals surface area contributed by atoms with Crippen molar-refractivity contribution in [1.29, 1.82) is 0 Å². The fourth-order valence-corrected chi connectivity index (χ4v) is 3.41. The summed E-state index contributed by atoms with van der Waals surface area (Å²) < 4.78 is 0. The number of guanidine groups is 1. The van der Waals surface area contributed by atoms with Gasteiger partial charge in [0.05, 0.1) is 5.69 Å². The lowest BCUT2D eigenvalue weighted by atomic mass is 10.2. The van der Waals surface area contributed by atoms with Gasteiger partial charge in [0.15, 0.2) is 11.1 Å². The number of pyridine rings is 1. The summed E-state index contributed by atoms with van der Waals surface area (Å²) in [5, 5.41) is 9.32. The van der Waals surface area contributed by atoms with Gasteiger partial charge in [-0.2, -0.15) is 0 Å². The van der Waals surface area contributed by atoms with Crippen molar-refractivity contribution >= 4 is 33.9 Å². The van der Waals surface area contributed by atoms with Crippen LogP contribution in [0, 0.1) is 0 Å². The Labute approximate surface area is 156 Å². The van der Waals surface area contributed by atoms with E-state index in [-0.39, 0.29) is 0 Å². The summed E-state index contributed by atoms with van der Waals surface area (Å²) in [4.78, 5) is 15.9. The van der Waals surface area contributed by atoms with Crippen molar-refractivity contribution in [2.24, 2.45) is 4.99 Å². The Hall–Kier alpha value is -2.93. The molecule has 1 aliphatic rings. The topological polar surface area (TPSA) is 65.4 Å². The number of hydrogen-bond acceptors (Lipinski definition) is 7. The number of aromatic nitrogens is 2. The Balaban J connectivity index is 1.54. The van der Waals surface area contributed by atoms with Crippen LogP contribution in [0.25, 0.3) is 11.4 Å². The lowest BCUT2D eigenvalue weighted by Gasteiger charge is -2.18. The highest BCUT2D eigenvalue weighted by Crippen LogP contribution is 2.27. The normalized spacial score (nSPS) is 13.7. The summed E-state index contributed by atoms with van der Waals surface area (Å²) in [7, 11) is 2.02. The molecule has 4 rings (SSSR count). The number of thiazole rings is 1. The Morgan fingerprint density at radius 3 is 2.73 bits per heavy atom. The summed E-state index contributed by atoms with van der Waals surface area (Å²) in [6.45, 7) is 1.79. The molecule has 0 atom stereocenters. The van der Waals surface area contributed by atoms with Crippen molar-refractivity contribution in [1.82, 2.24) is 15.3 Å². The van der Waals surface area contributed by atoms with Gasteiger partial charge in [0.25, 0.3) is 0 Å². The molecule has 1 aliphatic heterocycles. The minimum absolute atomic E-state index is 0.794. The molecule has 0 spiro atoms. The average molecular weight is 364 g/mol. The van der Waals surface area contributed by atoms with E-state index >= 15 is 0 Å². The second kappa shape index (κ2) is 7.53. The van der Waals surface area contributed by atoms with Crippen LogP contribution < -0.4 is 15.5 Å². The van der Waals surface area contributed by atoms with Crippen LogP contribution in [0.15, 0.2) is 58.9 Å². The van der Waals surface area contributed by atoms with Gasteiger partial charge in [0.1, 0.15) is 11.5 Å². The van der Waals surface area contributed by atoms with Gasteiger partial charge in [-0.15, -0.1) is 11.3 Å². The third-order valence-corrected chi connectivity index (χ3v) is 4.87. The zero-order chi connectivity index (χ0) is 17.8. The molecule has 0 bridgehead atoms. The zero-order valence-corrected chi connectivity index (χ0v) is 15.3. The molecule has 1 aromatic carbocycles. The van der Waals surface area contributed by atoms with Crippen molar-refractivity contribution in [3.05, 3.63) is 53.9 Å². The van der Waals surface area contributed by atoms with Crippen LogP contribution in [-0.4, -0.2) is 36.1 Å². The number of hydrogen-bond donors (Lipinski definition) is 2. The number of anilines is 3. The molecule has 3 aromatic rings. The van der Waals surface area contributed by atoms with E-state index in [0.29, 0.717) is 0 Å². The molecule has 2 N–H and O–H groups in total. The van der Waals surface area contributed by atoms with Crippen LogP contribution >= 0.6 is 11.3 Å². The molecule has 0 amide bonds. The van der Waals surface area contributed by atoms with E-state index < -0.39 is 0 Å². The molecule has 6 nitrogen and oxygen atoms in total. The van der Waals surface area contributed by atoms with Gasteiger partial charge in [-0.05, 0) is 30.7 Å². The largest absolute Gasteiger partial charge is 0.356 e. The highest BCUT2D eigenvalue weighted by atomic mass is 32.1. The lowest BCUT2D eigenvalue weighted by molar-refractivity contribution is 0.740. The first kappa shape index (κ1) is 16.5. The maximum atomic E-state index is 4.78. The zero-order valence-electron chi connectivity index (χ0n) is 14.5. The first-order chi connectivity index (χ1) is 12.8. The van der Waals surface area contributed by atoms with Crippen LogP contribution in [0.2, 0.25) is 0 Å². The fraction of sp³-hybridized carbons (Fsp3) is 0.211. The van der Waals surface area contributed by atoms with E-state index in [4.69, 9.17) is 4.98 Å². The monoisotopic (exact) mass is 364 g/mol. The van der Waals surface area contributed by atoms with Gasteiger partial charge in [0, 0.05) is 31.2 Å². The Morgan fingerprint density at radius 2 is 1.92 bits per heavy atom. The van der Waals surface area contributed by atoms with Crippen LogP contribution in [0.3, 0.4) is 0 Å². The van der Waals surface area contributed by atoms with E-state index in [1.165, 1.54) is 0 Å². The van der Waals surface area contributed by atoms with Crippen molar-refractivity contribution < 1.29 is 0 Å². The maximum absolute atomic E-state index is 4.78. The standard InChI is InChI=1S/C19H20N6S/c1-25(14-7-3-2-4-8-14)17-10-5-9-15(22-17)16-13-26-19(23-16)24-18-20-11-6-12-21-18/h2-5,7-10,13H,6,11-12H2,1H3,(H2,20,21,23,24). The number of nitrogens with zero attached hydrogens (tertiary/aromatic N) is 4. The summed E-state index contributed by atoms with van der Waals surface area (Å²) >= 11 is 1.55. The predicted octanol–water partition coefficient (Wildman–Crippen LogP) is 3.73. The summed E-state index contributed by atoms with van der Waals surface area (Å²) in [5.41, 5.74) is 2.81. The van der Waals surface area contributed by atoms with Crippen LogP contribution in [-0.2, 0) is 0 Å². The number of aliphatic imine (C=N–C) groups is 1. The van der Waals surface area contributed by atoms with Crippen molar-refractivity contribution in [3.8, 4) is 11.4 Å². The van der Waals surface area contributed by atoms with Crippen LogP contribution in [0.4, 0.5) is 16.6 Å². The quantitative estimate of drug-likeness (QED) is 0.738. The molecular weight excluding hydrogens is 344 g/mol. The number of para-hydroxylation sites is 1. The second-order valence-corrected chi connectivity index (χ2v) is 6.81. The molecule has 26 heavy (non-hydrogen) atoms. The van der Waals surface area contributed by atoms with Crippen molar-refractivity contribution in [2.45, 2.75) is 6.42 Å².